The Morgan fingerprint density at radius 2 is 1.70 bits per heavy atom. The number of nitrogens with one attached hydrogen (secondary N) is 2. The molecule has 0 saturated heterocycles. The quantitative estimate of drug-likeness (QED) is 0.431. The third-order valence-electron chi connectivity index (χ3n) is 4.64. The summed E-state index contributed by atoms with van der Waals surface area (Å²) < 4.78 is 10.7. The molecule has 3 aromatic carbocycles. The Bertz CT molecular complexity index is 1140. The van der Waals surface area contributed by atoms with Crippen LogP contribution in [-0.4, -0.2) is 25.0 Å². The molecule has 0 aliphatic heterocycles. The van der Waals surface area contributed by atoms with E-state index in [0.29, 0.717) is 22.0 Å². The van der Waals surface area contributed by atoms with Gasteiger partial charge in [0, 0.05) is 17.8 Å². The number of benzene rings is 3. The lowest BCUT2D eigenvalue weighted by Crippen LogP contribution is -2.28. The standard InChI is InChI=1S/C24H22ClN3O5/c1-32-20-12-11-18(13-19(20)25)28-22(29)21(16-5-3-2-4-6-16)33-23(30)17-9-7-15(8-10-17)14-27-24(26)31/h2-13,21H,14H2,1H3,(H,28,29)(H3,26,27,31). The first-order chi connectivity index (χ1) is 15.9. The lowest BCUT2D eigenvalue weighted by Gasteiger charge is -2.18. The van der Waals surface area contributed by atoms with Crippen LogP contribution < -0.4 is 21.1 Å². The summed E-state index contributed by atoms with van der Waals surface area (Å²) in [4.78, 5) is 36.6. The van der Waals surface area contributed by atoms with Crippen LogP contribution in [0.1, 0.15) is 27.6 Å². The summed E-state index contributed by atoms with van der Waals surface area (Å²) in [6.07, 6.45) is -1.20. The Hall–Kier alpha value is -4.04. The minimum Gasteiger partial charge on any atom is -0.495 e. The van der Waals surface area contributed by atoms with Crippen LogP contribution in [0.3, 0.4) is 0 Å². The van der Waals surface area contributed by atoms with Crippen LogP contribution in [0.25, 0.3) is 0 Å². The lowest BCUT2D eigenvalue weighted by molar-refractivity contribution is -0.125. The van der Waals surface area contributed by atoms with Gasteiger partial charge in [-0.25, -0.2) is 9.59 Å². The number of methoxy groups -OCH3 is 1. The third kappa shape index (κ3) is 6.47. The van der Waals surface area contributed by atoms with Crippen LogP contribution >= 0.6 is 11.6 Å². The number of carbonyl (C=O) groups excluding carboxylic acids is 3. The molecular weight excluding hydrogens is 446 g/mol. The third-order valence-corrected chi connectivity index (χ3v) is 4.94. The van der Waals surface area contributed by atoms with Crippen molar-refractivity contribution in [1.82, 2.24) is 5.32 Å². The van der Waals surface area contributed by atoms with E-state index < -0.39 is 24.0 Å². The molecule has 3 amide bonds. The molecular formula is C24H22ClN3O5. The number of hydrogen-bond donors (Lipinski definition) is 3. The van der Waals surface area contributed by atoms with Crippen molar-refractivity contribution in [3.8, 4) is 5.75 Å². The molecule has 3 aromatic rings. The molecule has 0 aliphatic carbocycles. The Morgan fingerprint density at radius 1 is 1.00 bits per heavy atom. The second-order valence-electron chi connectivity index (χ2n) is 6.95. The van der Waals surface area contributed by atoms with Gasteiger partial charge in [0.2, 0.25) is 6.10 Å². The number of carbonyl (C=O) groups is 3. The van der Waals surface area contributed by atoms with Crippen molar-refractivity contribution in [3.05, 3.63) is 94.5 Å². The van der Waals surface area contributed by atoms with Gasteiger partial charge in [-0.1, -0.05) is 54.1 Å². The number of primary amides is 1. The Morgan fingerprint density at radius 3 is 2.30 bits per heavy atom. The zero-order valence-corrected chi connectivity index (χ0v) is 18.5. The Labute approximate surface area is 195 Å². The average molecular weight is 468 g/mol. The maximum atomic E-state index is 13.0. The first-order valence-corrected chi connectivity index (χ1v) is 10.3. The summed E-state index contributed by atoms with van der Waals surface area (Å²) >= 11 is 6.13. The molecule has 0 heterocycles. The van der Waals surface area contributed by atoms with Crippen LogP contribution in [0.2, 0.25) is 5.02 Å². The van der Waals surface area contributed by atoms with Gasteiger partial charge in [0.15, 0.2) is 0 Å². The SMILES string of the molecule is COc1ccc(NC(=O)C(OC(=O)c2ccc(CNC(N)=O)cc2)c2ccccc2)cc1Cl. The fourth-order valence-electron chi connectivity index (χ4n) is 2.98. The van der Waals surface area contributed by atoms with Crippen LogP contribution in [0.4, 0.5) is 10.5 Å². The molecule has 1 atom stereocenters. The highest BCUT2D eigenvalue weighted by Gasteiger charge is 2.26. The van der Waals surface area contributed by atoms with Gasteiger partial charge in [-0.2, -0.15) is 0 Å². The minimum absolute atomic E-state index is 0.226. The van der Waals surface area contributed by atoms with Gasteiger partial charge < -0.3 is 25.8 Å². The van der Waals surface area contributed by atoms with E-state index in [0.717, 1.165) is 5.56 Å². The van der Waals surface area contributed by atoms with E-state index in [4.69, 9.17) is 26.8 Å². The Kier molecular flexibility index (Phi) is 7.88. The summed E-state index contributed by atoms with van der Waals surface area (Å²) in [5, 5.41) is 5.51. The molecule has 0 saturated carbocycles. The maximum absolute atomic E-state index is 13.0. The van der Waals surface area contributed by atoms with Crippen molar-refractivity contribution in [2.75, 3.05) is 12.4 Å². The van der Waals surface area contributed by atoms with Crippen molar-refractivity contribution in [1.29, 1.82) is 0 Å². The molecule has 0 bridgehead atoms. The number of ether oxygens (including phenoxy) is 2. The van der Waals surface area contributed by atoms with Gasteiger partial charge in [-0.05, 0) is 35.9 Å². The number of urea groups is 1. The highest BCUT2D eigenvalue weighted by Crippen LogP contribution is 2.28. The van der Waals surface area contributed by atoms with E-state index in [1.807, 2.05) is 0 Å². The number of rotatable bonds is 8. The maximum Gasteiger partial charge on any atom is 0.339 e. The van der Waals surface area contributed by atoms with Crippen molar-refractivity contribution >= 4 is 35.2 Å². The zero-order valence-electron chi connectivity index (χ0n) is 17.7. The summed E-state index contributed by atoms with van der Waals surface area (Å²) in [5.41, 5.74) is 6.99. The van der Waals surface area contributed by atoms with Gasteiger partial charge in [-0.15, -0.1) is 0 Å². The molecule has 0 fully saturated rings. The number of amides is 3. The molecule has 3 rings (SSSR count). The molecule has 170 valence electrons. The molecule has 1 unspecified atom stereocenters. The predicted octanol–water partition coefficient (Wildman–Crippen LogP) is 4.05. The fraction of sp³-hybridized carbons (Fsp3) is 0.125. The summed E-state index contributed by atoms with van der Waals surface area (Å²) in [6, 6.07) is 19.2. The number of halogens is 1. The highest BCUT2D eigenvalue weighted by molar-refractivity contribution is 6.32. The van der Waals surface area contributed by atoms with Crippen molar-refractivity contribution < 1.29 is 23.9 Å². The molecule has 0 aromatic heterocycles. The number of anilines is 1. The topological polar surface area (TPSA) is 120 Å². The van der Waals surface area contributed by atoms with E-state index >= 15 is 0 Å². The summed E-state index contributed by atoms with van der Waals surface area (Å²) in [7, 11) is 1.49. The predicted molar refractivity (Wildman–Crippen MR) is 124 cm³/mol. The molecule has 0 spiro atoms. The summed E-state index contributed by atoms with van der Waals surface area (Å²) in [5.74, 6) is -0.755. The molecule has 4 N–H and O–H groups in total. The largest absolute Gasteiger partial charge is 0.495 e. The van der Waals surface area contributed by atoms with E-state index in [1.165, 1.54) is 7.11 Å². The number of nitrogens with two attached hydrogens (primary N) is 1. The molecule has 0 aliphatic rings. The molecule has 0 radical (unpaired) electrons. The van der Waals surface area contributed by atoms with Crippen molar-refractivity contribution in [2.45, 2.75) is 12.6 Å². The van der Waals surface area contributed by atoms with Crippen LogP contribution in [-0.2, 0) is 16.1 Å². The number of esters is 1. The smallest absolute Gasteiger partial charge is 0.339 e. The first-order valence-electron chi connectivity index (χ1n) is 9.90. The highest BCUT2D eigenvalue weighted by atomic mass is 35.5. The molecule has 9 heteroatoms. The van der Waals surface area contributed by atoms with Crippen LogP contribution in [0, 0.1) is 0 Å². The first kappa shape index (κ1) is 23.6. The van der Waals surface area contributed by atoms with Gasteiger partial charge in [-0.3, -0.25) is 4.79 Å². The second-order valence-corrected chi connectivity index (χ2v) is 7.36. The van der Waals surface area contributed by atoms with E-state index in [2.05, 4.69) is 10.6 Å². The van der Waals surface area contributed by atoms with E-state index in [9.17, 15) is 14.4 Å². The Balaban J connectivity index is 1.77. The minimum atomic E-state index is -1.20. The van der Waals surface area contributed by atoms with Gasteiger partial charge in [0.05, 0.1) is 17.7 Å². The molecule has 8 nitrogen and oxygen atoms in total. The summed E-state index contributed by atoms with van der Waals surface area (Å²) in [6.45, 7) is 0.226. The van der Waals surface area contributed by atoms with Gasteiger partial charge >= 0.3 is 12.0 Å². The van der Waals surface area contributed by atoms with Gasteiger partial charge in [0.25, 0.3) is 5.91 Å². The average Bonchev–Trinajstić information content (AvgIpc) is 2.82. The van der Waals surface area contributed by atoms with E-state index in [-0.39, 0.29) is 12.1 Å². The fourth-order valence-corrected chi connectivity index (χ4v) is 3.23. The van der Waals surface area contributed by atoms with Crippen LogP contribution in [0.5, 0.6) is 5.75 Å². The lowest BCUT2D eigenvalue weighted by atomic mass is 10.1. The number of hydrogen-bond acceptors (Lipinski definition) is 5. The van der Waals surface area contributed by atoms with Gasteiger partial charge in [0.1, 0.15) is 5.75 Å². The van der Waals surface area contributed by atoms with Crippen molar-refractivity contribution in [2.24, 2.45) is 5.73 Å². The monoisotopic (exact) mass is 467 g/mol. The zero-order chi connectivity index (χ0) is 23.8. The van der Waals surface area contributed by atoms with E-state index in [1.54, 1.807) is 72.8 Å². The van der Waals surface area contributed by atoms with Crippen molar-refractivity contribution in [3.63, 3.8) is 0 Å². The molecule has 33 heavy (non-hydrogen) atoms. The second kappa shape index (κ2) is 11.0. The normalized spacial score (nSPS) is 11.2. The van der Waals surface area contributed by atoms with Crippen LogP contribution in [0.15, 0.2) is 72.8 Å².